The van der Waals surface area contributed by atoms with Gasteiger partial charge in [0.2, 0.25) is 0 Å². The SMILES string of the molecule is Cc1nc2n[nH]c(CC(C)C)c2cc1N. The number of pyridine rings is 1. The van der Waals surface area contributed by atoms with Crippen molar-refractivity contribution in [1.82, 2.24) is 15.2 Å². The van der Waals surface area contributed by atoms with Crippen molar-refractivity contribution in [3.63, 3.8) is 0 Å². The lowest BCUT2D eigenvalue weighted by Gasteiger charge is -2.03. The van der Waals surface area contributed by atoms with Gasteiger partial charge in [0, 0.05) is 11.1 Å². The fourth-order valence-electron chi connectivity index (χ4n) is 1.66. The lowest BCUT2D eigenvalue weighted by molar-refractivity contribution is 0.636. The minimum Gasteiger partial charge on any atom is -0.397 e. The highest BCUT2D eigenvalue weighted by Crippen LogP contribution is 2.21. The Morgan fingerprint density at radius 3 is 2.87 bits per heavy atom. The first kappa shape index (κ1) is 9.96. The summed E-state index contributed by atoms with van der Waals surface area (Å²) in [6, 6.07) is 1.96. The van der Waals surface area contributed by atoms with Crippen LogP contribution in [0.25, 0.3) is 11.0 Å². The molecule has 0 radical (unpaired) electrons. The van der Waals surface area contributed by atoms with Crippen LogP contribution in [0, 0.1) is 12.8 Å². The molecule has 15 heavy (non-hydrogen) atoms. The van der Waals surface area contributed by atoms with E-state index >= 15 is 0 Å². The van der Waals surface area contributed by atoms with Gasteiger partial charge in [0.05, 0.1) is 11.4 Å². The minimum absolute atomic E-state index is 0.594. The highest BCUT2D eigenvalue weighted by atomic mass is 15.1. The number of rotatable bonds is 2. The van der Waals surface area contributed by atoms with Crippen LogP contribution in [0.1, 0.15) is 25.2 Å². The second-order valence-electron chi connectivity index (χ2n) is 4.33. The topological polar surface area (TPSA) is 67.6 Å². The second-order valence-corrected chi connectivity index (χ2v) is 4.33. The predicted octanol–water partition coefficient (Wildman–Crippen LogP) is 2.05. The summed E-state index contributed by atoms with van der Waals surface area (Å²) in [6.07, 6.45) is 0.973. The van der Waals surface area contributed by atoms with Crippen LogP contribution in [0.3, 0.4) is 0 Å². The summed E-state index contributed by atoms with van der Waals surface area (Å²) in [5, 5.41) is 8.26. The largest absolute Gasteiger partial charge is 0.397 e. The van der Waals surface area contributed by atoms with Gasteiger partial charge in [0.15, 0.2) is 5.65 Å². The highest BCUT2D eigenvalue weighted by Gasteiger charge is 2.09. The van der Waals surface area contributed by atoms with Crippen molar-refractivity contribution in [2.45, 2.75) is 27.2 Å². The number of nitrogens with two attached hydrogens (primary N) is 1. The molecule has 2 rings (SSSR count). The van der Waals surface area contributed by atoms with Gasteiger partial charge in [0.25, 0.3) is 0 Å². The Hall–Kier alpha value is -1.58. The van der Waals surface area contributed by atoms with Crippen LogP contribution in [-0.2, 0) is 6.42 Å². The molecule has 0 aliphatic heterocycles. The number of nitrogens with one attached hydrogen (secondary N) is 1. The van der Waals surface area contributed by atoms with Crippen molar-refractivity contribution in [3.05, 3.63) is 17.5 Å². The molecular weight excluding hydrogens is 188 g/mol. The molecule has 0 saturated heterocycles. The number of nitrogen functional groups attached to an aromatic ring is 1. The van der Waals surface area contributed by atoms with E-state index in [0.717, 1.165) is 34.5 Å². The Morgan fingerprint density at radius 2 is 2.20 bits per heavy atom. The van der Waals surface area contributed by atoms with Gasteiger partial charge < -0.3 is 5.73 Å². The van der Waals surface area contributed by atoms with Gasteiger partial charge in [-0.25, -0.2) is 4.98 Å². The van der Waals surface area contributed by atoms with Gasteiger partial charge in [-0.05, 0) is 25.3 Å². The monoisotopic (exact) mass is 204 g/mol. The van der Waals surface area contributed by atoms with Crippen molar-refractivity contribution >= 4 is 16.7 Å². The molecule has 0 spiro atoms. The van der Waals surface area contributed by atoms with Gasteiger partial charge in [0.1, 0.15) is 0 Å². The number of aromatic amines is 1. The molecule has 0 aromatic carbocycles. The number of anilines is 1. The minimum atomic E-state index is 0.594. The van der Waals surface area contributed by atoms with Crippen LogP contribution in [-0.4, -0.2) is 15.2 Å². The molecular formula is C11H16N4. The molecule has 0 bridgehead atoms. The summed E-state index contributed by atoms with van der Waals surface area (Å²) in [4.78, 5) is 4.34. The Morgan fingerprint density at radius 1 is 1.47 bits per heavy atom. The Bertz CT molecular complexity index is 485. The molecule has 0 fully saturated rings. The Balaban J connectivity index is 2.54. The first-order valence-corrected chi connectivity index (χ1v) is 5.18. The summed E-state index contributed by atoms with van der Waals surface area (Å²) < 4.78 is 0. The number of fused-ring (bicyclic) bond motifs is 1. The van der Waals surface area contributed by atoms with E-state index in [1.807, 2.05) is 13.0 Å². The van der Waals surface area contributed by atoms with Crippen LogP contribution < -0.4 is 5.73 Å². The normalized spacial score (nSPS) is 11.5. The third-order valence-electron chi connectivity index (χ3n) is 2.47. The van der Waals surface area contributed by atoms with Crippen molar-refractivity contribution < 1.29 is 0 Å². The van der Waals surface area contributed by atoms with Crippen molar-refractivity contribution in [2.75, 3.05) is 5.73 Å². The van der Waals surface area contributed by atoms with E-state index < -0.39 is 0 Å². The standard InChI is InChI=1S/C11H16N4/c1-6(2)4-10-8-5-9(12)7(3)13-11(8)15-14-10/h5-6H,4,12H2,1-3H3,(H,13,14,15). The fourth-order valence-corrected chi connectivity index (χ4v) is 1.66. The van der Waals surface area contributed by atoms with Gasteiger partial charge in [-0.15, -0.1) is 0 Å². The molecule has 0 unspecified atom stereocenters. The van der Waals surface area contributed by atoms with E-state index in [-0.39, 0.29) is 0 Å². The first-order chi connectivity index (χ1) is 7.08. The van der Waals surface area contributed by atoms with Crippen molar-refractivity contribution in [1.29, 1.82) is 0 Å². The van der Waals surface area contributed by atoms with Crippen LogP contribution >= 0.6 is 0 Å². The smallest absolute Gasteiger partial charge is 0.181 e. The Labute approximate surface area is 88.9 Å². The van der Waals surface area contributed by atoms with E-state index in [1.54, 1.807) is 0 Å². The maximum Gasteiger partial charge on any atom is 0.181 e. The lowest BCUT2D eigenvalue weighted by atomic mass is 10.1. The van der Waals surface area contributed by atoms with Crippen LogP contribution in [0.2, 0.25) is 0 Å². The van der Waals surface area contributed by atoms with Gasteiger partial charge >= 0.3 is 0 Å². The predicted molar refractivity (Wildman–Crippen MR) is 61.6 cm³/mol. The third-order valence-corrected chi connectivity index (χ3v) is 2.47. The quantitative estimate of drug-likeness (QED) is 0.786. The van der Waals surface area contributed by atoms with E-state index in [1.165, 1.54) is 0 Å². The number of hydrogen-bond donors (Lipinski definition) is 2. The average molecular weight is 204 g/mol. The molecule has 80 valence electrons. The van der Waals surface area contributed by atoms with Gasteiger partial charge in [-0.1, -0.05) is 13.8 Å². The van der Waals surface area contributed by atoms with E-state index in [4.69, 9.17) is 5.73 Å². The summed E-state index contributed by atoms with van der Waals surface area (Å²) in [6.45, 7) is 6.25. The van der Waals surface area contributed by atoms with Gasteiger partial charge in [-0.2, -0.15) is 5.10 Å². The summed E-state index contributed by atoms with van der Waals surface area (Å²) in [5.41, 5.74) is 9.29. The number of aromatic nitrogens is 3. The average Bonchev–Trinajstić information content (AvgIpc) is 2.49. The van der Waals surface area contributed by atoms with E-state index in [9.17, 15) is 0 Å². The van der Waals surface area contributed by atoms with E-state index in [0.29, 0.717) is 5.92 Å². The zero-order chi connectivity index (χ0) is 11.0. The third kappa shape index (κ3) is 1.79. The molecule has 4 nitrogen and oxygen atoms in total. The highest BCUT2D eigenvalue weighted by molar-refractivity contribution is 5.81. The van der Waals surface area contributed by atoms with Crippen LogP contribution in [0.5, 0.6) is 0 Å². The molecule has 2 aromatic heterocycles. The molecule has 3 N–H and O–H groups in total. The first-order valence-electron chi connectivity index (χ1n) is 5.18. The molecule has 4 heteroatoms. The van der Waals surface area contributed by atoms with Crippen molar-refractivity contribution in [3.8, 4) is 0 Å². The molecule has 0 aliphatic rings. The molecule has 0 atom stereocenters. The van der Waals surface area contributed by atoms with E-state index in [2.05, 4.69) is 29.0 Å². The molecule has 0 saturated carbocycles. The van der Waals surface area contributed by atoms with Crippen LogP contribution in [0.4, 0.5) is 5.69 Å². The maximum absolute atomic E-state index is 5.84. The number of hydrogen-bond acceptors (Lipinski definition) is 3. The second kappa shape index (κ2) is 3.53. The zero-order valence-corrected chi connectivity index (χ0v) is 9.33. The maximum atomic E-state index is 5.84. The molecule has 2 heterocycles. The fraction of sp³-hybridized carbons (Fsp3) is 0.455. The summed E-state index contributed by atoms with van der Waals surface area (Å²) in [5.74, 6) is 0.594. The molecule has 0 aliphatic carbocycles. The number of aryl methyl sites for hydroxylation is 1. The van der Waals surface area contributed by atoms with Crippen LogP contribution in [0.15, 0.2) is 6.07 Å². The molecule has 0 amide bonds. The Kier molecular flexibility index (Phi) is 2.34. The summed E-state index contributed by atoms with van der Waals surface area (Å²) >= 11 is 0. The number of H-pyrrole nitrogens is 1. The van der Waals surface area contributed by atoms with Gasteiger partial charge in [-0.3, -0.25) is 5.10 Å². The van der Waals surface area contributed by atoms with Crippen molar-refractivity contribution in [2.24, 2.45) is 5.92 Å². The lowest BCUT2D eigenvalue weighted by Crippen LogP contribution is -1.96. The summed E-state index contributed by atoms with van der Waals surface area (Å²) in [7, 11) is 0. The molecule has 2 aromatic rings. The number of nitrogens with zero attached hydrogens (tertiary/aromatic N) is 2. The zero-order valence-electron chi connectivity index (χ0n) is 9.33.